The van der Waals surface area contributed by atoms with Gasteiger partial charge in [0, 0.05) is 28.9 Å². The van der Waals surface area contributed by atoms with E-state index in [2.05, 4.69) is 0 Å². The molecule has 0 aliphatic rings. The second-order valence-corrected chi connectivity index (χ2v) is 4.41. The summed E-state index contributed by atoms with van der Waals surface area (Å²) < 4.78 is 47.3. The van der Waals surface area contributed by atoms with Gasteiger partial charge in [-0.15, -0.1) is 0 Å². The van der Waals surface area contributed by atoms with Crippen LogP contribution in [0.4, 0.5) is 13.2 Å². The predicted octanol–water partition coefficient (Wildman–Crippen LogP) is 1.28. The second kappa shape index (κ2) is 5.59. The Morgan fingerprint density at radius 3 is 2.31 bits per heavy atom. The smallest absolute Gasteiger partial charge is 0.330 e. The van der Waals surface area contributed by atoms with Crippen LogP contribution in [0.3, 0.4) is 0 Å². The first-order chi connectivity index (χ1) is 5.91. The van der Waals surface area contributed by atoms with Gasteiger partial charge in [-0.3, -0.25) is 4.21 Å². The highest BCUT2D eigenvalue weighted by Crippen LogP contribution is 2.26. The Kier molecular flexibility index (Phi) is 5.55. The lowest BCUT2D eigenvalue weighted by Crippen LogP contribution is -2.34. The van der Waals surface area contributed by atoms with Gasteiger partial charge in [0.1, 0.15) is 0 Å². The number of nitrogens with two attached hydrogens (primary N) is 1. The van der Waals surface area contributed by atoms with Crippen molar-refractivity contribution >= 4 is 10.8 Å². The van der Waals surface area contributed by atoms with Crippen molar-refractivity contribution in [3.05, 3.63) is 0 Å². The van der Waals surface area contributed by atoms with Crippen LogP contribution < -0.4 is 5.73 Å². The van der Waals surface area contributed by atoms with Gasteiger partial charge in [-0.1, -0.05) is 6.92 Å². The summed E-state index contributed by atoms with van der Waals surface area (Å²) in [5.74, 6) is -1.68. The van der Waals surface area contributed by atoms with E-state index in [-0.39, 0.29) is 5.75 Å². The van der Waals surface area contributed by atoms with E-state index in [1.807, 2.05) is 0 Å². The van der Waals surface area contributed by atoms with Crippen LogP contribution in [0.1, 0.15) is 13.3 Å². The van der Waals surface area contributed by atoms with Crippen LogP contribution in [0.2, 0.25) is 0 Å². The van der Waals surface area contributed by atoms with Crippen molar-refractivity contribution in [3.63, 3.8) is 0 Å². The normalized spacial score (nSPS) is 17.0. The molecule has 13 heavy (non-hydrogen) atoms. The Morgan fingerprint density at radius 2 is 2.00 bits per heavy atom. The molecule has 0 aromatic carbocycles. The van der Waals surface area contributed by atoms with E-state index in [1.54, 1.807) is 6.92 Å². The minimum atomic E-state index is -4.32. The van der Waals surface area contributed by atoms with Crippen molar-refractivity contribution in [2.24, 2.45) is 11.7 Å². The van der Waals surface area contributed by atoms with Crippen LogP contribution in [0.15, 0.2) is 0 Å². The van der Waals surface area contributed by atoms with Crippen molar-refractivity contribution in [2.45, 2.75) is 19.5 Å². The third-order valence-electron chi connectivity index (χ3n) is 1.57. The van der Waals surface area contributed by atoms with Crippen molar-refractivity contribution in [1.29, 1.82) is 0 Å². The molecule has 2 N–H and O–H groups in total. The molecule has 0 fully saturated rings. The van der Waals surface area contributed by atoms with Crippen molar-refractivity contribution < 1.29 is 17.4 Å². The molecule has 0 spiro atoms. The molecule has 0 rings (SSSR count). The molecule has 2 nitrogen and oxygen atoms in total. The van der Waals surface area contributed by atoms with Gasteiger partial charge in [-0.25, -0.2) is 0 Å². The van der Waals surface area contributed by atoms with Crippen LogP contribution >= 0.6 is 0 Å². The highest BCUT2D eigenvalue weighted by molar-refractivity contribution is 7.84. The molecule has 0 amide bonds. The number of rotatable bonds is 5. The van der Waals surface area contributed by atoms with Gasteiger partial charge in [-0.2, -0.15) is 13.2 Å². The molecule has 0 aliphatic heterocycles. The average Bonchev–Trinajstić information content (AvgIpc) is 1.98. The minimum absolute atomic E-state index is 0.312. The molecule has 0 aromatic heterocycles. The molecular weight excluding hydrogens is 203 g/mol. The average molecular weight is 217 g/mol. The fraction of sp³-hybridized carbons (Fsp3) is 1.00. The third kappa shape index (κ3) is 5.25. The van der Waals surface area contributed by atoms with Crippen molar-refractivity contribution in [2.75, 3.05) is 18.1 Å². The van der Waals surface area contributed by atoms with E-state index < -0.39 is 29.4 Å². The summed E-state index contributed by atoms with van der Waals surface area (Å²) in [6, 6.07) is 0. The molecule has 6 heteroatoms. The molecular formula is C7H14F3NOS. The zero-order chi connectivity index (χ0) is 10.5. The molecule has 0 radical (unpaired) electrons. The number of hydrogen-bond donors (Lipinski definition) is 1. The summed E-state index contributed by atoms with van der Waals surface area (Å²) in [5.41, 5.74) is 4.95. The standard InChI is InChI=1S/C7H14F3NOS/c1-2-3-13(12)5-6(4-11)7(8,9)10/h6H,2-5,11H2,1H3. The first-order valence-electron chi connectivity index (χ1n) is 4.03. The third-order valence-corrected chi connectivity index (χ3v) is 3.20. The van der Waals surface area contributed by atoms with Gasteiger partial charge in [-0.05, 0) is 6.42 Å². The Bertz CT molecular complexity index is 172. The van der Waals surface area contributed by atoms with Crippen LogP contribution in [0.5, 0.6) is 0 Å². The van der Waals surface area contributed by atoms with Gasteiger partial charge in [0.15, 0.2) is 0 Å². The zero-order valence-corrected chi connectivity index (χ0v) is 8.25. The van der Waals surface area contributed by atoms with Crippen molar-refractivity contribution in [3.8, 4) is 0 Å². The summed E-state index contributed by atoms with van der Waals surface area (Å²) in [6.45, 7) is 1.29. The van der Waals surface area contributed by atoms with E-state index in [4.69, 9.17) is 5.73 Å². The number of hydrogen-bond acceptors (Lipinski definition) is 2. The maximum atomic E-state index is 12.1. The van der Waals surface area contributed by atoms with E-state index in [0.717, 1.165) is 0 Å². The quantitative estimate of drug-likeness (QED) is 0.754. The summed E-state index contributed by atoms with van der Waals surface area (Å²) in [5, 5.41) is 0. The minimum Gasteiger partial charge on any atom is -0.330 e. The fourth-order valence-electron chi connectivity index (χ4n) is 0.832. The van der Waals surface area contributed by atoms with Crippen LogP contribution in [0, 0.1) is 5.92 Å². The van der Waals surface area contributed by atoms with Crippen molar-refractivity contribution in [1.82, 2.24) is 0 Å². The summed E-state index contributed by atoms with van der Waals surface area (Å²) in [6.07, 6.45) is -3.69. The van der Waals surface area contributed by atoms with Gasteiger partial charge in [0.25, 0.3) is 0 Å². The monoisotopic (exact) mass is 217 g/mol. The fourth-order valence-corrected chi connectivity index (χ4v) is 2.23. The maximum absolute atomic E-state index is 12.1. The van der Waals surface area contributed by atoms with Crippen LogP contribution in [-0.2, 0) is 10.8 Å². The molecule has 0 saturated heterocycles. The molecule has 0 bridgehead atoms. The zero-order valence-electron chi connectivity index (χ0n) is 7.43. The van der Waals surface area contributed by atoms with E-state index >= 15 is 0 Å². The molecule has 2 atom stereocenters. The lowest BCUT2D eigenvalue weighted by Gasteiger charge is -2.17. The SMILES string of the molecule is CCCS(=O)CC(CN)C(F)(F)F. The molecule has 0 aliphatic carbocycles. The van der Waals surface area contributed by atoms with Gasteiger partial charge in [0.05, 0.1) is 5.92 Å². The molecule has 0 heterocycles. The Labute approximate surface area is 78.1 Å². The largest absolute Gasteiger partial charge is 0.393 e. The molecule has 0 saturated carbocycles. The van der Waals surface area contributed by atoms with E-state index in [9.17, 15) is 17.4 Å². The highest BCUT2D eigenvalue weighted by Gasteiger charge is 2.39. The lowest BCUT2D eigenvalue weighted by atomic mass is 10.2. The summed E-state index contributed by atoms with van der Waals surface area (Å²) >= 11 is 0. The summed E-state index contributed by atoms with van der Waals surface area (Å²) in [7, 11) is -1.40. The second-order valence-electron chi connectivity index (χ2n) is 2.78. The van der Waals surface area contributed by atoms with Gasteiger partial charge in [0.2, 0.25) is 0 Å². The first-order valence-corrected chi connectivity index (χ1v) is 5.52. The van der Waals surface area contributed by atoms with Crippen LogP contribution in [-0.4, -0.2) is 28.4 Å². The molecule has 0 aromatic rings. The van der Waals surface area contributed by atoms with Crippen LogP contribution in [0.25, 0.3) is 0 Å². The van der Waals surface area contributed by atoms with E-state index in [1.165, 1.54) is 0 Å². The summed E-state index contributed by atoms with van der Waals surface area (Å²) in [4.78, 5) is 0. The molecule has 2 unspecified atom stereocenters. The maximum Gasteiger partial charge on any atom is 0.393 e. The van der Waals surface area contributed by atoms with Gasteiger partial charge < -0.3 is 5.73 Å². The Hall–Kier alpha value is -0.100. The van der Waals surface area contributed by atoms with Gasteiger partial charge >= 0.3 is 6.18 Å². The lowest BCUT2D eigenvalue weighted by molar-refractivity contribution is -0.165. The number of alkyl halides is 3. The number of halogens is 3. The Morgan fingerprint density at radius 1 is 1.46 bits per heavy atom. The highest BCUT2D eigenvalue weighted by atomic mass is 32.2. The topological polar surface area (TPSA) is 43.1 Å². The first kappa shape index (κ1) is 12.9. The molecule has 80 valence electrons. The predicted molar refractivity (Wildman–Crippen MR) is 46.8 cm³/mol. The van der Waals surface area contributed by atoms with E-state index in [0.29, 0.717) is 12.2 Å². The Balaban J connectivity index is 4.06.